The first-order valence-corrected chi connectivity index (χ1v) is 7.90. The first kappa shape index (κ1) is 14.1. The second kappa shape index (κ2) is 5.38. The number of nitrogens with zero attached hydrogens (tertiary/aromatic N) is 1. The number of sulfonamides is 1. The summed E-state index contributed by atoms with van der Waals surface area (Å²) in [5.74, 6) is 0.343. The highest BCUT2D eigenvalue weighted by atomic mass is 32.2. The molecule has 1 atom stereocenters. The largest absolute Gasteiger partial charge is 0.495 e. The number of hydrogen-bond donors (Lipinski definition) is 1. The maximum atomic E-state index is 12.7. The summed E-state index contributed by atoms with van der Waals surface area (Å²) in [5, 5.41) is 0. The molecular weight excluding hydrogens is 264 g/mol. The smallest absolute Gasteiger partial charge is 0.247 e. The molecule has 2 N–H and O–H groups in total. The second-order valence-corrected chi connectivity index (χ2v) is 6.59. The number of hydrogen-bond acceptors (Lipinski definition) is 4. The molecule has 106 valence electrons. The summed E-state index contributed by atoms with van der Waals surface area (Å²) in [7, 11) is -2.07. The van der Waals surface area contributed by atoms with Crippen LogP contribution < -0.4 is 10.5 Å². The van der Waals surface area contributed by atoms with E-state index in [1.807, 2.05) is 6.92 Å². The van der Waals surface area contributed by atoms with E-state index in [1.54, 1.807) is 16.4 Å². The Hall–Kier alpha value is -1.27. The lowest BCUT2D eigenvalue weighted by Gasteiger charge is -2.24. The van der Waals surface area contributed by atoms with Crippen molar-refractivity contribution in [2.75, 3.05) is 19.4 Å². The first-order chi connectivity index (χ1) is 9.00. The minimum atomic E-state index is -3.54. The molecule has 0 amide bonds. The van der Waals surface area contributed by atoms with Gasteiger partial charge in [-0.25, -0.2) is 8.42 Å². The average Bonchev–Trinajstić information content (AvgIpc) is 2.87. The molecule has 19 heavy (non-hydrogen) atoms. The van der Waals surface area contributed by atoms with Crippen molar-refractivity contribution >= 4 is 15.7 Å². The van der Waals surface area contributed by atoms with Crippen molar-refractivity contribution in [1.82, 2.24) is 4.31 Å². The molecule has 1 fully saturated rings. The van der Waals surface area contributed by atoms with Crippen LogP contribution in [-0.4, -0.2) is 32.4 Å². The normalized spacial score (nSPS) is 20.6. The van der Waals surface area contributed by atoms with Crippen LogP contribution in [-0.2, 0) is 10.0 Å². The molecule has 1 aliphatic rings. The first-order valence-electron chi connectivity index (χ1n) is 6.46. The highest BCUT2D eigenvalue weighted by molar-refractivity contribution is 7.89. The molecule has 6 heteroatoms. The van der Waals surface area contributed by atoms with Crippen LogP contribution in [0, 0.1) is 0 Å². The van der Waals surface area contributed by atoms with Gasteiger partial charge in [0.1, 0.15) is 10.6 Å². The van der Waals surface area contributed by atoms with E-state index in [0.29, 0.717) is 18.0 Å². The van der Waals surface area contributed by atoms with Crippen LogP contribution in [0.25, 0.3) is 0 Å². The van der Waals surface area contributed by atoms with Gasteiger partial charge in [0, 0.05) is 18.3 Å². The van der Waals surface area contributed by atoms with E-state index >= 15 is 0 Å². The Kier molecular flexibility index (Phi) is 4.01. The van der Waals surface area contributed by atoms with Crippen LogP contribution in [0.15, 0.2) is 23.1 Å². The quantitative estimate of drug-likeness (QED) is 0.856. The molecule has 5 nitrogen and oxygen atoms in total. The minimum absolute atomic E-state index is 0.0798. The van der Waals surface area contributed by atoms with Gasteiger partial charge in [0.2, 0.25) is 10.0 Å². The third-order valence-corrected chi connectivity index (χ3v) is 5.54. The van der Waals surface area contributed by atoms with Crippen molar-refractivity contribution in [2.24, 2.45) is 0 Å². The number of nitrogen functional groups attached to an aromatic ring is 1. The van der Waals surface area contributed by atoms with E-state index in [9.17, 15) is 8.42 Å². The molecule has 0 bridgehead atoms. The molecule has 0 aliphatic carbocycles. The average molecular weight is 284 g/mol. The third-order valence-electron chi connectivity index (χ3n) is 3.57. The fraction of sp³-hybridized carbons (Fsp3) is 0.538. The van der Waals surface area contributed by atoms with Crippen molar-refractivity contribution in [3.8, 4) is 5.75 Å². The van der Waals surface area contributed by atoms with Gasteiger partial charge in [-0.2, -0.15) is 4.31 Å². The molecule has 1 aromatic carbocycles. The highest BCUT2D eigenvalue weighted by Gasteiger charge is 2.35. The number of ether oxygens (including phenoxy) is 1. The molecular formula is C13H20N2O3S. The second-order valence-electron chi connectivity index (χ2n) is 4.73. The SMILES string of the molecule is CCC1CCCN1S(=O)(=O)c1cc(N)ccc1OC. The predicted molar refractivity (Wildman–Crippen MR) is 74.6 cm³/mol. The van der Waals surface area contributed by atoms with E-state index in [0.717, 1.165) is 19.3 Å². The van der Waals surface area contributed by atoms with Crippen LogP contribution in [0.1, 0.15) is 26.2 Å². The van der Waals surface area contributed by atoms with Gasteiger partial charge in [0.05, 0.1) is 7.11 Å². The van der Waals surface area contributed by atoms with Gasteiger partial charge < -0.3 is 10.5 Å². The molecule has 0 spiro atoms. The van der Waals surface area contributed by atoms with Crippen LogP contribution in [0.3, 0.4) is 0 Å². The number of rotatable bonds is 4. The molecule has 1 unspecified atom stereocenters. The van der Waals surface area contributed by atoms with Gasteiger partial charge >= 0.3 is 0 Å². The van der Waals surface area contributed by atoms with Gasteiger partial charge in [0.25, 0.3) is 0 Å². The van der Waals surface area contributed by atoms with Gasteiger partial charge in [-0.1, -0.05) is 6.92 Å². The van der Waals surface area contributed by atoms with E-state index in [1.165, 1.54) is 13.2 Å². The fourth-order valence-electron chi connectivity index (χ4n) is 2.55. The Bertz CT molecular complexity index is 557. The number of benzene rings is 1. The van der Waals surface area contributed by atoms with Crippen molar-refractivity contribution in [1.29, 1.82) is 0 Å². The maximum Gasteiger partial charge on any atom is 0.247 e. The third kappa shape index (κ3) is 2.55. The minimum Gasteiger partial charge on any atom is -0.495 e. The molecule has 1 saturated heterocycles. The lowest BCUT2D eigenvalue weighted by atomic mass is 10.2. The molecule has 0 aromatic heterocycles. The van der Waals surface area contributed by atoms with E-state index < -0.39 is 10.0 Å². The lowest BCUT2D eigenvalue weighted by molar-refractivity contribution is 0.370. The Morgan fingerprint density at radius 2 is 2.21 bits per heavy atom. The zero-order chi connectivity index (χ0) is 14.0. The van der Waals surface area contributed by atoms with Crippen LogP contribution >= 0.6 is 0 Å². The summed E-state index contributed by atoms with van der Waals surface area (Å²) < 4.78 is 32.2. The Balaban J connectivity index is 2.47. The monoisotopic (exact) mass is 284 g/mol. The Morgan fingerprint density at radius 3 is 2.84 bits per heavy atom. The van der Waals surface area contributed by atoms with Crippen molar-refractivity contribution in [2.45, 2.75) is 37.1 Å². The Morgan fingerprint density at radius 1 is 1.47 bits per heavy atom. The molecule has 1 heterocycles. The number of anilines is 1. The summed E-state index contributed by atoms with van der Waals surface area (Å²) >= 11 is 0. The molecule has 0 saturated carbocycles. The summed E-state index contributed by atoms with van der Waals surface area (Å²) in [6.45, 7) is 2.58. The van der Waals surface area contributed by atoms with Gasteiger partial charge in [-0.3, -0.25) is 0 Å². The summed E-state index contributed by atoms with van der Waals surface area (Å²) in [6.07, 6.45) is 2.65. The Labute approximate surface area is 114 Å². The van der Waals surface area contributed by atoms with E-state index in [-0.39, 0.29) is 10.9 Å². The fourth-order valence-corrected chi connectivity index (χ4v) is 4.51. The van der Waals surface area contributed by atoms with Crippen molar-refractivity contribution in [3.05, 3.63) is 18.2 Å². The summed E-state index contributed by atoms with van der Waals surface area (Å²) in [5.41, 5.74) is 6.13. The standard InChI is InChI=1S/C13H20N2O3S/c1-3-11-5-4-8-15(11)19(16,17)13-9-10(14)6-7-12(13)18-2/h6-7,9,11H,3-5,8,14H2,1-2H3. The van der Waals surface area contributed by atoms with E-state index in [2.05, 4.69) is 0 Å². The van der Waals surface area contributed by atoms with Gasteiger partial charge in [-0.15, -0.1) is 0 Å². The predicted octanol–water partition coefficient (Wildman–Crippen LogP) is 1.84. The highest BCUT2D eigenvalue weighted by Crippen LogP contribution is 2.33. The molecule has 1 aliphatic heterocycles. The van der Waals surface area contributed by atoms with E-state index in [4.69, 9.17) is 10.5 Å². The van der Waals surface area contributed by atoms with Crippen LogP contribution in [0.4, 0.5) is 5.69 Å². The topological polar surface area (TPSA) is 72.6 Å². The molecule has 2 rings (SSSR count). The lowest BCUT2D eigenvalue weighted by Crippen LogP contribution is -2.35. The number of nitrogens with two attached hydrogens (primary N) is 1. The zero-order valence-electron chi connectivity index (χ0n) is 11.3. The van der Waals surface area contributed by atoms with Gasteiger partial charge in [-0.05, 0) is 37.5 Å². The van der Waals surface area contributed by atoms with Crippen molar-refractivity contribution in [3.63, 3.8) is 0 Å². The summed E-state index contributed by atoms with van der Waals surface area (Å²) in [4.78, 5) is 0.162. The molecule has 1 aromatic rings. The van der Waals surface area contributed by atoms with Crippen LogP contribution in [0.5, 0.6) is 5.75 Å². The molecule has 0 radical (unpaired) electrons. The maximum absolute atomic E-state index is 12.7. The van der Waals surface area contributed by atoms with Gasteiger partial charge in [0.15, 0.2) is 0 Å². The summed E-state index contributed by atoms with van der Waals surface area (Å²) in [6, 6.07) is 4.79. The number of methoxy groups -OCH3 is 1. The zero-order valence-corrected chi connectivity index (χ0v) is 12.1. The van der Waals surface area contributed by atoms with Crippen molar-refractivity contribution < 1.29 is 13.2 Å². The van der Waals surface area contributed by atoms with Crippen LogP contribution in [0.2, 0.25) is 0 Å².